The quantitative estimate of drug-likeness (QED) is 0.264. The summed E-state index contributed by atoms with van der Waals surface area (Å²) in [6, 6.07) is 24.9. The summed E-state index contributed by atoms with van der Waals surface area (Å²) in [7, 11) is 2.93. The molecular formula is C31H30N2O7. The third-order valence-electron chi connectivity index (χ3n) is 6.14. The number of esters is 1. The first-order valence-corrected chi connectivity index (χ1v) is 12.6. The SMILES string of the molecule is CCN(C(=O)COC(=O)c1ccc(OCC(=O)Nc2ccccc2OC)c(OC)c1)c1cccc2ccccc12. The second-order valence-electron chi connectivity index (χ2n) is 8.62. The van der Waals surface area contributed by atoms with Crippen molar-refractivity contribution in [3.05, 3.63) is 90.5 Å². The Balaban J connectivity index is 1.37. The minimum absolute atomic E-state index is 0.170. The van der Waals surface area contributed by atoms with Gasteiger partial charge in [-0.2, -0.15) is 0 Å². The number of nitrogens with zero attached hydrogens (tertiary/aromatic N) is 1. The van der Waals surface area contributed by atoms with E-state index in [2.05, 4.69) is 5.32 Å². The van der Waals surface area contributed by atoms with E-state index in [0.29, 0.717) is 18.0 Å². The molecule has 0 aliphatic rings. The van der Waals surface area contributed by atoms with Crippen molar-refractivity contribution in [2.45, 2.75) is 6.92 Å². The van der Waals surface area contributed by atoms with Gasteiger partial charge in [0.25, 0.3) is 11.8 Å². The van der Waals surface area contributed by atoms with E-state index >= 15 is 0 Å². The molecule has 0 radical (unpaired) electrons. The molecule has 0 spiro atoms. The maximum Gasteiger partial charge on any atom is 0.338 e. The van der Waals surface area contributed by atoms with E-state index in [1.54, 1.807) is 29.2 Å². The van der Waals surface area contributed by atoms with Crippen molar-refractivity contribution in [3.63, 3.8) is 0 Å². The van der Waals surface area contributed by atoms with Crippen LogP contribution in [-0.4, -0.2) is 51.8 Å². The second kappa shape index (κ2) is 13.1. The van der Waals surface area contributed by atoms with Crippen LogP contribution in [0.3, 0.4) is 0 Å². The number of fused-ring (bicyclic) bond motifs is 1. The molecule has 9 nitrogen and oxygen atoms in total. The van der Waals surface area contributed by atoms with Crippen molar-refractivity contribution in [2.75, 3.05) is 44.2 Å². The van der Waals surface area contributed by atoms with Gasteiger partial charge in [-0.15, -0.1) is 0 Å². The minimum Gasteiger partial charge on any atom is -0.495 e. The second-order valence-corrected chi connectivity index (χ2v) is 8.62. The molecule has 1 N–H and O–H groups in total. The largest absolute Gasteiger partial charge is 0.495 e. The van der Waals surface area contributed by atoms with Gasteiger partial charge in [-0.25, -0.2) is 4.79 Å². The normalized spacial score (nSPS) is 10.5. The van der Waals surface area contributed by atoms with Crippen LogP contribution in [0.4, 0.5) is 11.4 Å². The molecule has 0 unspecified atom stereocenters. The fourth-order valence-electron chi connectivity index (χ4n) is 4.20. The number of carbonyl (C=O) groups is 3. The number of para-hydroxylation sites is 2. The average molecular weight is 543 g/mol. The number of rotatable bonds is 11. The third-order valence-corrected chi connectivity index (χ3v) is 6.14. The number of likely N-dealkylation sites (N-methyl/N-ethyl adjacent to an activating group) is 1. The molecule has 4 rings (SSSR count). The van der Waals surface area contributed by atoms with Crippen LogP contribution in [-0.2, 0) is 14.3 Å². The summed E-state index contributed by atoms with van der Waals surface area (Å²) in [5, 5.41) is 4.66. The molecule has 0 saturated carbocycles. The van der Waals surface area contributed by atoms with Crippen LogP contribution in [0.5, 0.6) is 17.2 Å². The predicted molar refractivity (Wildman–Crippen MR) is 152 cm³/mol. The van der Waals surface area contributed by atoms with E-state index in [-0.39, 0.29) is 29.6 Å². The molecule has 0 heterocycles. The Hall–Kier alpha value is -5.05. The first-order valence-electron chi connectivity index (χ1n) is 12.6. The lowest BCUT2D eigenvalue weighted by molar-refractivity contribution is -0.121. The number of hydrogen-bond acceptors (Lipinski definition) is 7. The highest BCUT2D eigenvalue weighted by atomic mass is 16.5. The number of anilines is 2. The van der Waals surface area contributed by atoms with Gasteiger partial charge in [0.05, 0.1) is 31.2 Å². The Labute approximate surface area is 232 Å². The van der Waals surface area contributed by atoms with Crippen molar-refractivity contribution < 1.29 is 33.3 Å². The number of carbonyl (C=O) groups excluding carboxylic acids is 3. The van der Waals surface area contributed by atoms with Crippen molar-refractivity contribution in [1.29, 1.82) is 0 Å². The van der Waals surface area contributed by atoms with E-state index in [4.69, 9.17) is 18.9 Å². The Morgan fingerprint density at radius 2 is 1.50 bits per heavy atom. The zero-order valence-corrected chi connectivity index (χ0v) is 22.5. The monoisotopic (exact) mass is 542 g/mol. The van der Waals surface area contributed by atoms with Gasteiger partial charge in [0.2, 0.25) is 0 Å². The molecule has 0 aliphatic carbocycles. The number of amides is 2. The van der Waals surface area contributed by atoms with E-state index in [1.165, 1.54) is 32.4 Å². The molecule has 0 aliphatic heterocycles. The molecule has 206 valence electrons. The lowest BCUT2D eigenvalue weighted by Crippen LogP contribution is -2.34. The molecule has 4 aromatic carbocycles. The fraction of sp³-hybridized carbons (Fsp3) is 0.194. The van der Waals surface area contributed by atoms with E-state index < -0.39 is 18.5 Å². The van der Waals surface area contributed by atoms with Gasteiger partial charge in [-0.1, -0.05) is 48.5 Å². The Bertz CT molecular complexity index is 1510. The van der Waals surface area contributed by atoms with Crippen LogP contribution in [0.15, 0.2) is 84.9 Å². The van der Waals surface area contributed by atoms with Crippen LogP contribution in [0, 0.1) is 0 Å². The van der Waals surface area contributed by atoms with E-state index in [9.17, 15) is 14.4 Å². The highest BCUT2D eigenvalue weighted by Gasteiger charge is 2.20. The van der Waals surface area contributed by atoms with Crippen LogP contribution in [0.2, 0.25) is 0 Å². The molecule has 2 amide bonds. The summed E-state index contributed by atoms with van der Waals surface area (Å²) in [4.78, 5) is 39.7. The van der Waals surface area contributed by atoms with Gasteiger partial charge in [0.15, 0.2) is 24.7 Å². The van der Waals surface area contributed by atoms with Gasteiger partial charge >= 0.3 is 5.97 Å². The summed E-state index contributed by atoms with van der Waals surface area (Å²) in [6.45, 7) is 1.55. The minimum atomic E-state index is -0.693. The summed E-state index contributed by atoms with van der Waals surface area (Å²) in [6.07, 6.45) is 0. The predicted octanol–water partition coefficient (Wildman–Crippen LogP) is 5.08. The van der Waals surface area contributed by atoms with Gasteiger partial charge in [-0.05, 0) is 48.7 Å². The molecule has 4 aromatic rings. The Kier molecular flexibility index (Phi) is 9.19. The Morgan fingerprint density at radius 3 is 2.27 bits per heavy atom. The van der Waals surface area contributed by atoms with Gasteiger partial charge in [-0.3, -0.25) is 9.59 Å². The van der Waals surface area contributed by atoms with Crippen LogP contribution >= 0.6 is 0 Å². The third kappa shape index (κ3) is 6.50. The van der Waals surface area contributed by atoms with Crippen LogP contribution < -0.4 is 24.4 Å². The first kappa shape index (κ1) is 28.0. The molecular weight excluding hydrogens is 512 g/mol. The fourth-order valence-corrected chi connectivity index (χ4v) is 4.20. The maximum absolute atomic E-state index is 13.0. The molecule has 0 atom stereocenters. The Morgan fingerprint density at radius 1 is 0.775 bits per heavy atom. The zero-order chi connectivity index (χ0) is 28.5. The lowest BCUT2D eigenvalue weighted by Gasteiger charge is -2.22. The molecule has 40 heavy (non-hydrogen) atoms. The molecule has 0 saturated heterocycles. The van der Waals surface area contributed by atoms with Crippen LogP contribution in [0.25, 0.3) is 10.8 Å². The van der Waals surface area contributed by atoms with Gasteiger partial charge in [0, 0.05) is 11.9 Å². The van der Waals surface area contributed by atoms with Crippen LogP contribution in [0.1, 0.15) is 17.3 Å². The number of ether oxygens (including phenoxy) is 4. The molecule has 9 heteroatoms. The molecule has 0 bridgehead atoms. The molecule has 0 aromatic heterocycles. The smallest absolute Gasteiger partial charge is 0.338 e. The van der Waals surface area contributed by atoms with Crippen molar-refractivity contribution >= 4 is 39.9 Å². The number of methoxy groups -OCH3 is 2. The highest BCUT2D eigenvalue weighted by Crippen LogP contribution is 2.30. The highest BCUT2D eigenvalue weighted by molar-refractivity contribution is 6.04. The van der Waals surface area contributed by atoms with E-state index in [1.807, 2.05) is 49.4 Å². The van der Waals surface area contributed by atoms with E-state index in [0.717, 1.165) is 16.5 Å². The number of hydrogen-bond donors (Lipinski definition) is 1. The summed E-state index contributed by atoms with van der Waals surface area (Å²) >= 11 is 0. The average Bonchev–Trinajstić information content (AvgIpc) is 2.99. The summed E-state index contributed by atoms with van der Waals surface area (Å²) < 4.78 is 21.5. The standard InChI is InChI=1S/C31H30N2O7/c1-4-33(25-14-9-11-21-10-5-6-12-23(21)25)30(35)20-40-31(36)22-16-17-27(28(18-22)38-3)39-19-29(34)32-24-13-7-8-15-26(24)37-2/h5-18H,4,19-20H2,1-3H3,(H,32,34). The van der Waals surface area contributed by atoms with Crippen molar-refractivity contribution in [2.24, 2.45) is 0 Å². The van der Waals surface area contributed by atoms with Gasteiger partial charge in [0.1, 0.15) is 5.75 Å². The number of nitrogens with one attached hydrogen (secondary N) is 1. The van der Waals surface area contributed by atoms with Crippen molar-refractivity contribution in [3.8, 4) is 17.2 Å². The van der Waals surface area contributed by atoms with Gasteiger partial charge < -0.3 is 29.2 Å². The summed E-state index contributed by atoms with van der Waals surface area (Å²) in [5.41, 5.74) is 1.43. The first-order chi connectivity index (χ1) is 19.4. The topological polar surface area (TPSA) is 103 Å². The summed E-state index contributed by atoms with van der Waals surface area (Å²) in [5.74, 6) is -0.425. The zero-order valence-electron chi connectivity index (χ0n) is 22.5. The number of benzene rings is 4. The maximum atomic E-state index is 13.0. The molecule has 0 fully saturated rings. The van der Waals surface area contributed by atoms with Crippen molar-refractivity contribution in [1.82, 2.24) is 0 Å². The lowest BCUT2D eigenvalue weighted by atomic mass is 10.1.